The molecule has 1 fully saturated rings. The zero-order valence-electron chi connectivity index (χ0n) is 16.8. The summed E-state index contributed by atoms with van der Waals surface area (Å²) >= 11 is 0. The number of amides is 1. The van der Waals surface area contributed by atoms with Crippen LogP contribution in [0.1, 0.15) is 35.0 Å². The molecule has 30 heavy (non-hydrogen) atoms. The van der Waals surface area contributed by atoms with Crippen LogP contribution in [0, 0.1) is 13.8 Å². The third-order valence-corrected chi connectivity index (χ3v) is 5.27. The van der Waals surface area contributed by atoms with Gasteiger partial charge in [0.15, 0.2) is 11.6 Å². The molecule has 3 aromatic heterocycles. The summed E-state index contributed by atoms with van der Waals surface area (Å²) in [6.07, 6.45) is 2.11. The van der Waals surface area contributed by atoms with Gasteiger partial charge in [-0.25, -0.2) is 4.98 Å². The van der Waals surface area contributed by atoms with Gasteiger partial charge in [0.05, 0.1) is 11.8 Å². The number of benzene rings is 1. The van der Waals surface area contributed by atoms with Crippen molar-refractivity contribution in [3.05, 3.63) is 41.6 Å². The van der Waals surface area contributed by atoms with E-state index in [9.17, 15) is 4.79 Å². The number of fused-ring (bicyclic) bond motifs is 1. The predicted octanol–water partition coefficient (Wildman–Crippen LogP) is 3.13. The molecule has 3 N–H and O–H groups in total. The van der Waals surface area contributed by atoms with Gasteiger partial charge in [0.25, 0.3) is 11.8 Å². The van der Waals surface area contributed by atoms with Gasteiger partial charge >= 0.3 is 0 Å². The summed E-state index contributed by atoms with van der Waals surface area (Å²) in [7, 11) is 0. The van der Waals surface area contributed by atoms with Crippen molar-refractivity contribution in [2.75, 3.05) is 13.2 Å². The van der Waals surface area contributed by atoms with Crippen molar-refractivity contribution in [2.24, 2.45) is 0 Å². The van der Waals surface area contributed by atoms with Crippen LogP contribution >= 0.6 is 0 Å². The van der Waals surface area contributed by atoms with E-state index in [1.807, 2.05) is 31.2 Å². The summed E-state index contributed by atoms with van der Waals surface area (Å²) < 4.78 is 10.8. The SMILES string of the molecule is Cc1noc(-c2cc3cc(-c4nc(C(=O)NC[C@@H]5CCCO5)[nH]c4C)ccc3[nH]2)n1. The first-order valence-electron chi connectivity index (χ1n) is 9.97. The number of ether oxygens (including phenoxy) is 1. The second kappa shape index (κ2) is 7.42. The minimum Gasteiger partial charge on any atom is -0.376 e. The first-order chi connectivity index (χ1) is 14.6. The normalized spacial score (nSPS) is 16.4. The Morgan fingerprint density at radius 2 is 2.13 bits per heavy atom. The summed E-state index contributed by atoms with van der Waals surface area (Å²) in [5, 5.41) is 7.72. The summed E-state index contributed by atoms with van der Waals surface area (Å²) in [4.78, 5) is 27.7. The number of carbonyl (C=O) groups excluding carboxylic acids is 1. The molecule has 1 saturated heterocycles. The molecule has 0 saturated carbocycles. The molecule has 0 aliphatic carbocycles. The topological polar surface area (TPSA) is 122 Å². The van der Waals surface area contributed by atoms with E-state index in [0.717, 1.165) is 53.0 Å². The van der Waals surface area contributed by atoms with Crippen LogP contribution in [0.4, 0.5) is 0 Å². The smallest absolute Gasteiger partial charge is 0.287 e. The van der Waals surface area contributed by atoms with Crippen LogP contribution in [0.25, 0.3) is 33.7 Å². The summed E-state index contributed by atoms with van der Waals surface area (Å²) in [6, 6.07) is 7.93. The number of aromatic amines is 2. The average Bonchev–Trinajstić information content (AvgIpc) is 3.51. The molecule has 9 nitrogen and oxygen atoms in total. The Labute approximate surface area is 172 Å². The van der Waals surface area contributed by atoms with Crippen molar-refractivity contribution in [3.63, 3.8) is 0 Å². The predicted molar refractivity (Wildman–Crippen MR) is 110 cm³/mol. The Bertz CT molecular complexity index is 1210. The van der Waals surface area contributed by atoms with Crippen LogP contribution in [0.15, 0.2) is 28.8 Å². The highest BCUT2D eigenvalue weighted by Crippen LogP contribution is 2.28. The van der Waals surface area contributed by atoms with Gasteiger partial charge in [-0.3, -0.25) is 4.79 Å². The van der Waals surface area contributed by atoms with Gasteiger partial charge in [-0.1, -0.05) is 11.2 Å². The zero-order valence-corrected chi connectivity index (χ0v) is 16.8. The van der Waals surface area contributed by atoms with Gasteiger partial charge in [0.2, 0.25) is 0 Å². The van der Waals surface area contributed by atoms with Crippen LogP contribution in [0.5, 0.6) is 0 Å². The lowest BCUT2D eigenvalue weighted by Crippen LogP contribution is -2.32. The number of nitrogens with one attached hydrogen (secondary N) is 3. The van der Waals surface area contributed by atoms with Gasteiger partial charge in [0.1, 0.15) is 5.69 Å². The number of rotatable bonds is 5. The molecule has 1 aliphatic heterocycles. The molecule has 1 atom stereocenters. The van der Waals surface area contributed by atoms with E-state index in [4.69, 9.17) is 9.26 Å². The Morgan fingerprint density at radius 1 is 1.23 bits per heavy atom. The van der Waals surface area contributed by atoms with Crippen molar-refractivity contribution in [1.29, 1.82) is 0 Å². The molecule has 0 unspecified atom stereocenters. The van der Waals surface area contributed by atoms with Crippen molar-refractivity contribution >= 4 is 16.8 Å². The minimum atomic E-state index is -0.225. The van der Waals surface area contributed by atoms with E-state index < -0.39 is 0 Å². The highest BCUT2D eigenvalue weighted by atomic mass is 16.5. The molecule has 0 bridgehead atoms. The van der Waals surface area contributed by atoms with Crippen molar-refractivity contribution in [3.8, 4) is 22.8 Å². The Kier molecular flexibility index (Phi) is 4.59. The number of aryl methyl sites for hydroxylation is 2. The molecular formula is C21H22N6O3. The second-order valence-corrected chi connectivity index (χ2v) is 7.54. The third kappa shape index (κ3) is 3.48. The van der Waals surface area contributed by atoms with Gasteiger partial charge in [-0.05, 0) is 44.9 Å². The first kappa shape index (κ1) is 18.6. The number of H-pyrrole nitrogens is 2. The number of imidazole rings is 1. The molecule has 1 amide bonds. The number of carbonyl (C=O) groups is 1. The standard InChI is InChI=1S/C21H22N6O3/c1-11-18(26-19(23-11)20(28)22-10-15-4-3-7-29-15)13-5-6-16-14(8-13)9-17(25-16)21-24-12(2)27-30-21/h5-6,8-9,15,25H,3-4,7,10H2,1-2H3,(H,22,28)(H,23,26)/t15-/m0/s1. The Balaban J connectivity index is 1.38. The molecule has 4 aromatic rings. The fourth-order valence-corrected chi connectivity index (χ4v) is 3.75. The van der Waals surface area contributed by atoms with Crippen molar-refractivity contribution in [1.82, 2.24) is 30.4 Å². The summed E-state index contributed by atoms with van der Waals surface area (Å²) in [6.45, 7) is 4.96. The van der Waals surface area contributed by atoms with Crippen LogP contribution < -0.4 is 5.32 Å². The van der Waals surface area contributed by atoms with Crippen LogP contribution in [-0.2, 0) is 4.74 Å². The number of nitrogens with zero attached hydrogens (tertiary/aromatic N) is 3. The quantitative estimate of drug-likeness (QED) is 0.468. The number of hydrogen-bond acceptors (Lipinski definition) is 6. The average molecular weight is 406 g/mol. The lowest BCUT2D eigenvalue weighted by Gasteiger charge is -2.09. The molecule has 0 spiro atoms. The maximum absolute atomic E-state index is 12.5. The monoisotopic (exact) mass is 406 g/mol. The summed E-state index contributed by atoms with van der Waals surface area (Å²) in [5.74, 6) is 1.11. The van der Waals surface area contributed by atoms with E-state index in [1.165, 1.54) is 0 Å². The van der Waals surface area contributed by atoms with E-state index in [-0.39, 0.29) is 12.0 Å². The molecule has 0 radical (unpaired) electrons. The maximum Gasteiger partial charge on any atom is 0.287 e. The molecule has 154 valence electrons. The molecule has 4 heterocycles. The highest BCUT2D eigenvalue weighted by Gasteiger charge is 2.19. The van der Waals surface area contributed by atoms with Gasteiger partial charge < -0.3 is 24.5 Å². The van der Waals surface area contributed by atoms with Crippen molar-refractivity contribution < 1.29 is 14.1 Å². The first-order valence-corrected chi connectivity index (χ1v) is 9.97. The van der Waals surface area contributed by atoms with E-state index >= 15 is 0 Å². The zero-order chi connectivity index (χ0) is 20.7. The Hall–Kier alpha value is -3.46. The fourth-order valence-electron chi connectivity index (χ4n) is 3.75. The van der Waals surface area contributed by atoms with Crippen LogP contribution in [0.3, 0.4) is 0 Å². The molecule has 1 aromatic carbocycles. The van der Waals surface area contributed by atoms with Gasteiger partial charge in [0, 0.05) is 35.3 Å². The number of hydrogen-bond donors (Lipinski definition) is 3. The molecule has 9 heteroatoms. The van der Waals surface area contributed by atoms with Crippen molar-refractivity contribution in [2.45, 2.75) is 32.8 Å². The second-order valence-electron chi connectivity index (χ2n) is 7.54. The fraction of sp³-hybridized carbons (Fsp3) is 0.333. The van der Waals surface area contributed by atoms with E-state index in [2.05, 4.69) is 30.4 Å². The Morgan fingerprint density at radius 3 is 2.90 bits per heavy atom. The lowest BCUT2D eigenvalue weighted by atomic mass is 10.1. The highest BCUT2D eigenvalue weighted by molar-refractivity contribution is 5.92. The van der Waals surface area contributed by atoms with E-state index in [0.29, 0.717) is 24.1 Å². The maximum atomic E-state index is 12.5. The largest absolute Gasteiger partial charge is 0.376 e. The lowest BCUT2D eigenvalue weighted by molar-refractivity contribution is 0.0850. The van der Waals surface area contributed by atoms with Crippen LogP contribution in [0.2, 0.25) is 0 Å². The third-order valence-electron chi connectivity index (χ3n) is 5.27. The summed E-state index contributed by atoms with van der Waals surface area (Å²) in [5.41, 5.74) is 4.21. The molecule has 5 rings (SSSR count). The van der Waals surface area contributed by atoms with Gasteiger partial charge in [-0.15, -0.1) is 0 Å². The van der Waals surface area contributed by atoms with Crippen LogP contribution in [-0.4, -0.2) is 50.3 Å². The molecular weight excluding hydrogens is 384 g/mol. The minimum absolute atomic E-state index is 0.0947. The molecule has 1 aliphatic rings. The van der Waals surface area contributed by atoms with Gasteiger partial charge in [-0.2, -0.15) is 4.98 Å². The number of aromatic nitrogens is 5. The van der Waals surface area contributed by atoms with E-state index in [1.54, 1.807) is 6.92 Å².